The molecule has 0 atom stereocenters. The Morgan fingerprint density at radius 1 is 0.909 bits per heavy atom. The van der Waals surface area contributed by atoms with E-state index in [0.29, 0.717) is 11.3 Å². The van der Waals surface area contributed by atoms with Gasteiger partial charge in [0.1, 0.15) is 0 Å². The first-order valence-electron chi connectivity index (χ1n) is 6.70. The summed E-state index contributed by atoms with van der Waals surface area (Å²) in [7, 11) is 0. The topological polar surface area (TPSA) is 89.2 Å². The van der Waals surface area contributed by atoms with Gasteiger partial charge in [0, 0.05) is 28.9 Å². The monoisotopic (exact) mass is 293 g/mol. The molecule has 108 valence electrons. The summed E-state index contributed by atoms with van der Waals surface area (Å²) in [5.74, 6) is -1.45. The number of nitrogens with one attached hydrogen (secondary N) is 2. The Balaban J connectivity index is 2.04. The first kappa shape index (κ1) is 12.6. The lowest BCUT2D eigenvalue weighted by molar-refractivity contribution is -0.168. The zero-order valence-electron chi connectivity index (χ0n) is 11.3. The average molecular weight is 293 g/mol. The molecule has 0 spiro atoms. The quantitative estimate of drug-likeness (QED) is 0.499. The number of imide groups is 1. The summed E-state index contributed by atoms with van der Waals surface area (Å²) in [6.07, 6.45) is 3.33. The van der Waals surface area contributed by atoms with Gasteiger partial charge < -0.3 is 9.97 Å². The number of nitrogens with zero attached hydrogens (tertiary/aromatic N) is 1. The molecule has 3 N–H and O–H groups in total. The Morgan fingerprint density at radius 3 is 2.45 bits per heavy atom. The molecule has 0 saturated carbocycles. The smallest absolute Gasteiger partial charge is 0.287 e. The van der Waals surface area contributed by atoms with Crippen molar-refractivity contribution in [1.82, 2.24) is 15.0 Å². The number of hydroxylamine groups is 2. The number of H-pyrrole nitrogens is 2. The van der Waals surface area contributed by atoms with Gasteiger partial charge in [-0.25, -0.2) is 0 Å². The molecule has 0 radical (unpaired) electrons. The second-order valence-electron chi connectivity index (χ2n) is 5.00. The first-order valence-corrected chi connectivity index (χ1v) is 6.70. The average Bonchev–Trinajstić information content (AvgIpc) is 3.23. The Bertz CT molecular complexity index is 935. The maximum Gasteiger partial charge on any atom is 0.287 e. The van der Waals surface area contributed by atoms with Crippen LogP contribution in [0.5, 0.6) is 0 Å². The van der Waals surface area contributed by atoms with Crippen molar-refractivity contribution >= 4 is 33.9 Å². The highest BCUT2D eigenvalue weighted by molar-refractivity contribution is 6.49. The molecule has 6 heteroatoms. The third-order valence-electron chi connectivity index (χ3n) is 3.79. The maximum absolute atomic E-state index is 12.3. The molecule has 1 aliphatic rings. The minimum atomic E-state index is -0.729. The molecule has 0 fully saturated rings. The molecular weight excluding hydrogens is 282 g/mol. The Hall–Kier alpha value is -3.12. The zero-order chi connectivity index (χ0) is 15.3. The molecular formula is C16H11N3O3. The molecule has 3 aromatic rings. The van der Waals surface area contributed by atoms with E-state index in [1.54, 1.807) is 24.5 Å². The van der Waals surface area contributed by atoms with Crippen molar-refractivity contribution in [3.05, 3.63) is 60.0 Å². The fraction of sp³-hybridized carbons (Fsp3) is 0. The van der Waals surface area contributed by atoms with E-state index in [0.717, 1.165) is 10.9 Å². The Kier molecular flexibility index (Phi) is 2.54. The second-order valence-corrected chi connectivity index (χ2v) is 5.00. The van der Waals surface area contributed by atoms with Gasteiger partial charge in [0.2, 0.25) is 0 Å². The van der Waals surface area contributed by atoms with E-state index in [9.17, 15) is 14.8 Å². The molecule has 0 aliphatic carbocycles. The number of hydrogen-bond donors (Lipinski definition) is 3. The number of amides is 2. The molecule has 0 saturated heterocycles. The van der Waals surface area contributed by atoms with Crippen LogP contribution in [0.4, 0.5) is 0 Å². The van der Waals surface area contributed by atoms with Gasteiger partial charge in [-0.1, -0.05) is 18.2 Å². The first-order chi connectivity index (χ1) is 10.7. The standard InChI is InChI=1S/C16H11N3O3/c20-15-13(10-8-18-11-5-2-1-4-9(10)11)14(16(21)19(15)22)12-6-3-7-17-12/h1-8,17-18,22H. The van der Waals surface area contributed by atoms with Gasteiger partial charge in [0.15, 0.2) is 0 Å². The van der Waals surface area contributed by atoms with Gasteiger partial charge in [0.05, 0.1) is 16.8 Å². The van der Waals surface area contributed by atoms with Gasteiger partial charge in [-0.3, -0.25) is 14.8 Å². The highest BCUT2D eigenvalue weighted by atomic mass is 16.5. The molecule has 22 heavy (non-hydrogen) atoms. The number of aromatic amines is 2. The van der Waals surface area contributed by atoms with Crippen LogP contribution in [0, 0.1) is 0 Å². The highest BCUT2D eigenvalue weighted by Crippen LogP contribution is 2.37. The maximum atomic E-state index is 12.3. The van der Waals surface area contributed by atoms with Gasteiger partial charge in [-0.2, -0.15) is 0 Å². The van der Waals surface area contributed by atoms with Crippen molar-refractivity contribution < 1.29 is 14.8 Å². The molecule has 4 rings (SSSR count). The number of carbonyl (C=O) groups is 2. The summed E-state index contributed by atoms with van der Waals surface area (Å²) in [6.45, 7) is 0. The van der Waals surface area contributed by atoms with Crippen LogP contribution < -0.4 is 0 Å². The summed E-state index contributed by atoms with van der Waals surface area (Å²) >= 11 is 0. The number of para-hydroxylation sites is 1. The molecule has 1 aliphatic heterocycles. The summed E-state index contributed by atoms with van der Waals surface area (Å²) in [5.41, 5.74) is 2.30. The number of rotatable bonds is 2. The van der Waals surface area contributed by atoms with E-state index in [2.05, 4.69) is 9.97 Å². The number of hydrogen-bond acceptors (Lipinski definition) is 3. The molecule has 0 unspecified atom stereocenters. The molecule has 2 aromatic heterocycles. The Morgan fingerprint density at radius 2 is 1.68 bits per heavy atom. The normalized spacial score (nSPS) is 15.4. The molecule has 6 nitrogen and oxygen atoms in total. The van der Waals surface area contributed by atoms with E-state index < -0.39 is 11.8 Å². The van der Waals surface area contributed by atoms with Crippen molar-refractivity contribution in [2.75, 3.05) is 0 Å². The predicted octanol–water partition coefficient (Wildman–Crippen LogP) is 2.16. The van der Waals surface area contributed by atoms with E-state index in [-0.39, 0.29) is 16.2 Å². The lowest BCUT2D eigenvalue weighted by atomic mass is 9.99. The van der Waals surface area contributed by atoms with Crippen molar-refractivity contribution in [3.63, 3.8) is 0 Å². The zero-order valence-corrected chi connectivity index (χ0v) is 11.3. The van der Waals surface area contributed by atoms with Crippen LogP contribution in [0.3, 0.4) is 0 Å². The highest BCUT2D eigenvalue weighted by Gasteiger charge is 2.40. The van der Waals surface area contributed by atoms with Crippen molar-refractivity contribution in [3.8, 4) is 0 Å². The third-order valence-corrected chi connectivity index (χ3v) is 3.79. The summed E-state index contributed by atoms with van der Waals surface area (Å²) < 4.78 is 0. The minimum Gasteiger partial charge on any atom is -0.361 e. The van der Waals surface area contributed by atoms with E-state index in [4.69, 9.17) is 0 Å². The van der Waals surface area contributed by atoms with Crippen molar-refractivity contribution in [2.24, 2.45) is 0 Å². The number of benzene rings is 1. The third kappa shape index (κ3) is 1.58. The predicted molar refractivity (Wildman–Crippen MR) is 79.5 cm³/mol. The Labute approximate surface area is 124 Å². The number of carbonyl (C=O) groups excluding carboxylic acids is 2. The van der Waals surface area contributed by atoms with Crippen LogP contribution in [-0.2, 0) is 9.59 Å². The molecule has 0 bridgehead atoms. The van der Waals surface area contributed by atoms with E-state index in [1.807, 2.05) is 24.3 Å². The van der Waals surface area contributed by atoms with Crippen LogP contribution in [0.2, 0.25) is 0 Å². The van der Waals surface area contributed by atoms with Crippen LogP contribution in [0.15, 0.2) is 48.8 Å². The van der Waals surface area contributed by atoms with Crippen LogP contribution >= 0.6 is 0 Å². The van der Waals surface area contributed by atoms with Crippen LogP contribution in [0.1, 0.15) is 11.3 Å². The molecule has 1 aromatic carbocycles. The fourth-order valence-corrected chi connectivity index (χ4v) is 2.78. The van der Waals surface area contributed by atoms with Gasteiger partial charge in [-0.15, -0.1) is 5.06 Å². The van der Waals surface area contributed by atoms with Crippen molar-refractivity contribution in [2.45, 2.75) is 0 Å². The molecule has 2 amide bonds. The lowest BCUT2D eigenvalue weighted by Gasteiger charge is -2.03. The van der Waals surface area contributed by atoms with Gasteiger partial charge >= 0.3 is 0 Å². The summed E-state index contributed by atoms with van der Waals surface area (Å²) in [4.78, 5) is 30.5. The summed E-state index contributed by atoms with van der Waals surface area (Å²) in [5, 5.41) is 10.7. The van der Waals surface area contributed by atoms with Crippen molar-refractivity contribution in [1.29, 1.82) is 0 Å². The SMILES string of the molecule is O=C1C(c2ccc[nH]2)=C(c2c[nH]c3ccccc23)C(=O)N1O. The largest absolute Gasteiger partial charge is 0.361 e. The lowest BCUT2D eigenvalue weighted by Crippen LogP contribution is -2.27. The second kappa shape index (κ2) is 4.44. The number of fused-ring (bicyclic) bond motifs is 1. The van der Waals surface area contributed by atoms with E-state index >= 15 is 0 Å². The minimum absolute atomic E-state index is 0.160. The van der Waals surface area contributed by atoms with Gasteiger partial charge in [-0.05, 0) is 18.2 Å². The van der Waals surface area contributed by atoms with Gasteiger partial charge in [0.25, 0.3) is 11.8 Å². The number of aromatic nitrogens is 2. The van der Waals surface area contributed by atoms with E-state index in [1.165, 1.54) is 0 Å². The van der Waals surface area contributed by atoms with Crippen LogP contribution in [-0.4, -0.2) is 32.1 Å². The van der Waals surface area contributed by atoms with Crippen LogP contribution in [0.25, 0.3) is 22.0 Å². The molecule has 3 heterocycles. The fourth-order valence-electron chi connectivity index (χ4n) is 2.78. The summed E-state index contributed by atoms with van der Waals surface area (Å²) in [6, 6.07) is 10.9.